The van der Waals surface area contributed by atoms with Crippen molar-refractivity contribution in [2.24, 2.45) is 0 Å². The average molecular weight is 210 g/mol. The van der Waals surface area contributed by atoms with E-state index in [1.807, 2.05) is 24.3 Å². The fourth-order valence-electron chi connectivity index (χ4n) is 1.21. The topological polar surface area (TPSA) is 37.3 Å². The molecule has 1 atom stereocenters. The summed E-state index contributed by atoms with van der Waals surface area (Å²) in [5, 5.41) is 8.63. The molecule has 0 heterocycles. The molecule has 1 rings (SSSR count). The minimum atomic E-state index is -0.981. The molecule has 0 aliphatic rings. The van der Waals surface area contributed by atoms with E-state index in [2.05, 4.69) is 6.58 Å². The fraction of sp³-hybridized carbons (Fsp3) is 0.273. The summed E-state index contributed by atoms with van der Waals surface area (Å²) in [6.07, 6.45) is 1.76. The Morgan fingerprint density at radius 1 is 1.43 bits per heavy atom. The lowest BCUT2D eigenvalue weighted by Crippen LogP contribution is -2.05. The maximum atomic E-state index is 11.4. The first-order chi connectivity index (χ1) is 6.77. The van der Waals surface area contributed by atoms with Crippen molar-refractivity contribution in [2.45, 2.75) is 5.75 Å². The van der Waals surface area contributed by atoms with E-state index in [0.29, 0.717) is 11.5 Å². The lowest BCUT2D eigenvalue weighted by molar-refractivity contribution is 0.321. The predicted octanol–water partition coefficient (Wildman–Crippen LogP) is 1.57. The van der Waals surface area contributed by atoms with Gasteiger partial charge in [-0.1, -0.05) is 36.9 Å². The third kappa shape index (κ3) is 3.09. The summed E-state index contributed by atoms with van der Waals surface area (Å²) in [5.74, 6) is 0.828. The van der Waals surface area contributed by atoms with Gasteiger partial charge in [-0.15, -0.1) is 0 Å². The van der Waals surface area contributed by atoms with Gasteiger partial charge >= 0.3 is 0 Å². The summed E-state index contributed by atoms with van der Waals surface area (Å²) in [5.41, 5.74) is 2.04. The van der Waals surface area contributed by atoms with Gasteiger partial charge in [0.25, 0.3) is 0 Å². The van der Waals surface area contributed by atoms with Crippen molar-refractivity contribution in [2.75, 3.05) is 12.4 Å². The molecule has 2 nitrogen and oxygen atoms in total. The summed E-state index contributed by atoms with van der Waals surface area (Å²) in [4.78, 5) is 0. The molecule has 76 valence electrons. The van der Waals surface area contributed by atoms with Crippen molar-refractivity contribution in [1.29, 1.82) is 0 Å². The van der Waals surface area contributed by atoms with Gasteiger partial charge in [0.2, 0.25) is 0 Å². The number of hydrogen-bond acceptors (Lipinski definition) is 2. The summed E-state index contributed by atoms with van der Waals surface area (Å²) in [6, 6.07) is 7.72. The molecule has 0 radical (unpaired) electrons. The van der Waals surface area contributed by atoms with Gasteiger partial charge in [0.1, 0.15) is 0 Å². The second-order valence-electron chi connectivity index (χ2n) is 2.91. The normalized spacial score (nSPS) is 12.4. The second-order valence-corrected chi connectivity index (χ2v) is 4.49. The molecule has 14 heavy (non-hydrogen) atoms. The molecule has 0 bridgehead atoms. The highest BCUT2D eigenvalue weighted by Gasteiger charge is 2.03. The molecule has 0 aromatic heterocycles. The summed E-state index contributed by atoms with van der Waals surface area (Å²) in [7, 11) is -0.981. The lowest BCUT2D eigenvalue weighted by atomic mass is 10.1. The first-order valence-corrected chi connectivity index (χ1v) is 5.93. The van der Waals surface area contributed by atoms with Crippen LogP contribution in [0, 0.1) is 0 Å². The Morgan fingerprint density at radius 2 is 2.14 bits per heavy atom. The monoisotopic (exact) mass is 210 g/mol. The molecule has 0 amide bonds. The van der Waals surface area contributed by atoms with Gasteiger partial charge in [-0.25, -0.2) is 0 Å². The first-order valence-electron chi connectivity index (χ1n) is 4.44. The molecule has 0 saturated carbocycles. The maximum Gasteiger partial charge on any atom is 0.0546 e. The highest BCUT2D eigenvalue weighted by atomic mass is 32.2. The average Bonchev–Trinajstić information content (AvgIpc) is 2.19. The van der Waals surface area contributed by atoms with Crippen LogP contribution in [-0.4, -0.2) is 21.7 Å². The van der Waals surface area contributed by atoms with Gasteiger partial charge in [0.05, 0.1) is 6.61 Å². The maximum absolute atomic E-state index is 11.4. The van der Waals surface area contributed by atoms with Gasteiger partial charge in [-0.3, -0.25) is 4.21 Å². The van der Waals surface area contributed by atoms with Crippen LogP contribution in [0.4, 0.5) is 0 Å². The van der Waals surface area contributed by atoms with Gasteiger partial charge in [0.15, 0.2) is 0 Å². The minimum Gasteiger partial charge on any atom is -0.395 e. The van der Waals surface area contributed by atoms with Crippen LogP contribution in [0.3, 0.4) is 0 Å². The molecule has 1 N–H and O–H groups in total. The van der Waals surface area contributed by atoms with E-state index in [-0.39, 0.29) is 6.61 Å². The third-order valence-electron chi connectivity index (χ3n) is 1.91. The zero-order valence-electron chi connectivity index (χ0n) is 7.98. The summed E-state index contributed by atoms with van der Waals surface area (Å²) >= 11 is 0. The summed E-state index contributed by atoms with van der Waals surface area (Å²) in [6.45, 7) is 3.67. The predicted molar refractivity (Wildman–Crippen MR) is 60.3 cm³/mol. The Morgan fingerprint density at radius 3 is 2.79 bits per heavy atom. The van der Waals surface area contributed by atoms with E-state index in [4.69, 9.17) is 5.11 Å². The van der Waals surface area contributed by atoms with Crippen LogP contribution < -0.4 is 0 Å². The van der Waals surface area contributed by atoms with Crippen molar-refractivity contribution < 1.29 is 9.32 Å². The van der Waals surface area contributed by atoms with Crippen LogP contribution in [0.15, 0.2) is 30.8 Å². The highest BCUT2D eigenvalue weighted by molar-refractivity contribution is 7.84. The number of hydrogen-bond donors (Lipinski definition) is 1. The summed E-state index contributed by atoms with van der Waals surface area (Å²) < 4.78 is 11.4. The van der Waals surface area contributed by atoms with Crippen LogP contribution in [-0.2, 0) is 16.6 Å². The van der Waals surface area contributed by atoms with E-state index in [9.17, 15) is 4.21 Å². The SMILES string of the molecule is C=Cc1ccccc1CS(=O)CCO. The van der Waals surface area contributed by atoms with E-state index >= 15 is 0 Å². The number of rotatable bonds is 5. The molecule has 3 heteroatoms. The molecule has 0 fully saturated rings. The van der Waals surface area contributed by atoms with Crippen LogP contribution in [0.1, 0.15) is 11.1 Å². The van der Waals surface area contributed by atoms with Gasteiger partial charge in [-0.2, -0.15) is 0 Å². The van der Waals surface area contributed by atoms with Gasteiger partial charge in [-0.05, 0) is 11.1 Å². The van der Waals surface area contributed by atoms with E-state index in [1.54, 1.807) is 6.08 Å². The molecule has 0 aliphatic heterocycles. The number of benzene rings is 1. The highest BCUT2D eigenvalue weighted by Crippen LogP contribution is 2.12. The number of aliphatic hydroxyl groups is 1. The molecule has 1 aromatic carbocycles. The Bertz CT molecular complexity index is 334. The van der Waals surface area contributed by atoms with Crippen LogP contribution >= 0.6 is 0 Å². The molecule has 0 aliphatic carbocycles. The molecular weight excluding hydrogens is 196 g/mol. The van der Waals surface area contributed by atoms with Crippen LogP contribution in [0.5, 0.6) is 0 Å². The first kappa shape index (κ1) is 11.1. The quantitative estimate of drug-likeness (QED) is 0.801. The van der Waals surface area contributed by atoms with E-state index < -0.39 is 10.8 Å². The van der Waals surface area contributed by atoms with Crippen molar-refractivity contribution in [1.82, 2.24) is 0 Å². The second kappa shape index (κ2) is 5.73. The Kier molecular flexibility index (Phi) is 4.56. The molecule has 0 saturated heterocycles. The lowest BCUT2D eigenvalue weighted by Gasteiger charge is -2.04. The Labute approximate surface area is 86.7 Å². The molecule has 1 unspecified atom stereocenters. The fourth-order valence-corrected chi connectivity index (χ4v) is 2.17. The third-order valence-corrected chi connectivity index (χ3v) is 3.18. The standard InChI is InChI=1S/C11H14O2S/c1-2-10-5-3-4-6-11(10)9-14(13)8-7-12/h2-6,12H,1,7-9H2. The molecule has 0 spiro atoms. The zero-order valence-corrected chi connectivity index (χ0v) is 8.80. The van der Waals surface area contributed by atoms with Crippen LogP contribution in [0.25, 0.3) is 6.08 Å². The van der Waals surface area contributed by atoms with Crippen molar-refractivity contribution in [3.63, 3.8) is 0 Å². The number of aliphatic hydroxyl groups excluding tert-OH is 1. The Hall–Kier alpha value is -0.930. The van der Waals surface area contributed by atoms with Gasteiger partial charge < -0.3 is 5.11 Å². The van der Waals surface area contributed by atoms with Crippen LogP contribution in [0.2, 0.25) is 0 Å². The minimum absolute atomic E-state index is 0.0249. The molecule has 1 aromatic rings. The smallest absolute Gasteiger partial charge is 0.0546 e. The van der Waals surface area contributed by atoms with Crippen molar-refractivity contribution >= 4 is 16.9 Å². The van der Waals surface area contributed by atoms with Gasteiger partial charge in [0, 0.05) is 22.3 Å². The Balaban J connectivity index is 2.75. The van der Waals surface area contributed by atoms with E-state index in [1.165, 1.54) is 0 Å². The van der Waals surface area contributed by atoms with E-state index in [0.717, 1.165) is 11.1 Å². The largest absolute Gasteiger partial charge is 0.395 e. The molecular formula is C11H14O2S. The zero-order chi connectivity index (χ0) is 10.4. The van der Waals surface area contributed by atoms with Crippen molar-refractivity contribution in [3.8, 4) is 0 Å². The van der Waals surface area contributed by atoms with Crippen molar-refractivity contribution in [3.05, 3.63) is 42.0 Å².